The van der Waals surface area contributed by atoms with Crippen LogP contribution < -0.4 is 9.64 Å². The van der Waals surface area contributed by atoms with Crippen molar-refractivity contribution in [2.45, 2.75) is 46.1 Å². The van der Waals surface area contributed by atoms with Gasteiger partial charge < -0.3 is 9.64 Å². The number of carbonyl (C=O) groups excluding carboxylic acids is 2. The van der Waals surface area contributed by atoms with Crippen LogP contribution in [-0.4, -0.2) is 67.0 Å². The number of allylic oxidation sites excluding steroid dienone is 2. The van der Waals surface area contributed by atoms with E-state index in [0.29, 0.717) is 19.4 Å². The Morgan fingerprint density at radius 2 is 1.78 bits per heavy atom. The summed E-state index contributed by atoms with van der Waals surface area (Å²) in [4.78, 5) is 32.0. The lowest BCUT2D eigenvalue weighted by atomic mass is 9.72. The third kappa shape index (κ3) is 4.81. The van der Waals surface area contributed by atoms with E-state index in [4.69, 9.17) is 4.74 Å². The first-order valence-corrected chi connectivity index (χ1v) is 11.6. The molecule has 0 N–H and O–H groups in total. The first-order valence-electron chi connectivity index (χ1n) is 11.6. The Hall–Kier alpha value is -2.05. The number of hydrogen-bond donors (Lipinski definition) is 0. The van der Waals surface area contributed by atoms with Crippen molar-refractivity contribution >= 4 is 29.9 Å². The van der Waals surface area contributed by atoms with Crippen molar-refractivity contribution in [3.8, 4) is 5.75 Å². The van der Waals surface area contributed by atoms with Gasteiger partial charge in [0.15, 0.2) is 0 Å². The number of amides is 2. The molecule has 7 heteroatoms. The zero-order valence-corrected chi connectivity index (χ0v) is 20.3. The number of ether oxygens (including phenoxy) is 1. The minimum Gasteiger partial charge on any atom is -0.489 e. The monoisotopic (exact) mass is 461 g/mol. The van der Waals surface area contributed by atoms with Crippen molar-refractivity contribution in [1.29, 1.82) is 0 Å². The van der Waals surface area contributed by atoms with E-state index >= 15 is 0 Å². The van der Waals surface area contributed by atoms with E-state index in [1.165, 1.54) is 4.90 Å². The number of nitrogens with zero attached hydrogens (tertiary/aromatic N) is 3. The Balaban J connectivity index is 0.00000289. The maximum absolute atomic E-state index is 12.9. The van der Waals surface area contributed by atoms with Crippen LogP contribution in [0.1, 0.15) is 40.0 Å². The molecule has 2 saturated heterocycles. The molecule has 176 valence electrons. The van der Waals surface area contributed by atoms with E-state index in [0.717, 1.165) is 50.6 Å². The van der Waals surface area contributed by atoms with Crippen molar-refractivity contribution < 1.29 is 14.3 Å². The van der Waals surface area contributed by atoms with Crippen LogP contribution in [0.2, 0.25) is 0 Å². The molecule has 32 heavy (non-hydrogen) atoms. The fourth-order valence-electron chi connectivity index (χ4n) is 5.12. The number of piperazine rings is 1. The van der Waals surface area contributed by atoms with Crippen LogP contribution in [0.25, 0.3) is 0 Å². The van der Waals surface area contributed by atoms with Crippen LogP contribution in [0.3, 0.4) is 0 Å². The molecule has 0 aromatic heterocycles. The van der Waals surface area contributed by atoms with Gasteiger partial charge in [0, 0.05) is 32.7 Å². The molecule has 2 amide bonds. The Labute approximate surface area is 198 Å². The Morgan fingerprint density at radius 3 is 2.47 bits per heavy atom. The number of hydrogen-bond acceptors (Lipinski definition) is 5. The lowest BCUT2D eigenvalue weighted by Gasteiger charge is -2.37. The summed E-state index contributed by atoms with van der Waals surface area (Å²) in [5.41, 5.74) is 0.636. The van der Waals surface area contributed by atoms with Crippen molar-refractivity contribution in [3.63, 3.8) is 0 Å². The van der Waals surface area contributed by atoms with Crippen LogP contribution in [0.15, 0.2) is 36.4 Å². The van der Waals surface area contributed by atoms with Crippen molar-refractivity contribution in [2.24, 2.45) is 11.3 Å². The van der Waals surface area contributed by atoms with Crippen molar-refractivity contribution in [3.05, 3.63) is 36.4 Å². The van der Waals surface area contributed by atoms with Gasteiger partial charge in [0.05, 0.1) is 23.1 Å². The smallest absolute Gasteiger partial charge is 0.236 e. The second-order valence-corrected chi connectivity index (χ2v) is 9.49. The number of para-hydroxylation sites is 2. The average Bonchev–Trinajstić information content (AvgIpc) is 2.95. The average molecular weight is 462 g/mol. The minimum atomic E-state index is -0.525. The van der Waals surface area contributed by atoms with Crippen LogP contribution >= 0.6 is 12.4 Å². The molecule has 0 spiro atoms. The lowest BCUT2D eigenvalue weighted by Crippen LogP contribution is -2.47. The van der Waals surface area contributed by atoms with Crippen LogP contribution in [-0.2, 0) is 9.59 Å². The fourth-order valence-corrected chi connectivity index (χ4v) is 5.12. The molecule has 0 bridgehead atoms. The Morgan fingerprint density at radius 1 is 1.06 bits per heavy atom. The van der Waals surface area contributed by atoms with Gasteiger partial charge in [-0.05, 0) is 58.7 Å². The summed E-state index contributed by atoms with van der Waals surface area (Å²) in [6.45, 7) is 11.4. The molecule has 1 aromatic rings. The van der Waals surface area contributed by atoms with Gasteiger partial charge in [-0.3, -0.25) is 19.4 Å². The van der Waals surface area contributed by atoms with Gasteiger partial charge in [-0.2, -0.15) is 0 Å². The Kier molecular flexibility index (Phi) is 7.88. The second kappa shape index (κ2) is 10.3. The van der Waals surface area contributed by atoms with Gasteiger partial charge in [-0.15, -0.1) is 12.4 Å². The van der Waals surface area contributed by atoms with E-state index in [-0.39, 0.29) is 36.2 Å². The van der Waals surface area contributed by atoms with Gasteiger partial charge in [-0.25, -0.2) is 0 Å². The maximum atomic E-state index is 12.9. The van der Waals surface area contributed by atoms with Gasteiger partial charge in [0.1, 0.15) is 5.75 Å². The molecule has 2 aliphatic heterocycles. The van der Waals surface area contributed by atoms with E-state index < -0.39 is 5.41 Å². The highest BCUT2D eigenvalue weighted by Crippen LogP contribution is 2.45. The summed E-state index contributed by atoms with van der Waals surface area (Å²) in [5, 5.41) is 0. The number of likely N-dealkylation sites (tertiary alicyclic amines) is 1. The van der Waals surface area contributed by atoms with Gasteiger partial charge in [0.2, 0.25) is 11.8 Å². The maximum Gasteiger partial charge on any atom is 0.236 e. The fraction of sp³-hybridized carbons (Fsp3) is 0.600. The summed E-state index contributed by atoms with van der Waals surface area (Å²) in [5.74, 6) is 0.838. The lowest BCUT2D eigenvalue weighted by molar-refractivity contribution is -0.141. The number of benzene rings is 1. The first-order chi connectivity index (χ1) is 14.9. The first kappa shape index (κ1) is 24.6. The summed E-state index contributed by atoms with van der Waals surface area (Å²) in [7, 11) is 0. The van der Waals surface area contributed by atoms with Crippen LogP contribution in [0.4, 0.5) is 5.69 Å². The van der Waals surface area contributed by atoms with E-state index in [9.17, 15) is 9.59 Å². The predicted octanol–water partition coefficient (Wildman–Crippen LogP) is 3.75. The quantitative estimate of drug-likeness (QED) is 0.457. The van der Waals surface area contributed by atoms with Crippen molar-refractivity contribution in [1.82, 2.24) is 9.80 Å². The molecule has 0 radical (unpaired) electrons. The SMILES string of the molecule is CC(C)Oc1ccccc1N1CCN(CCCN2C(=O)C3CC=CCC3(C)C2=O)CC1.Cl. The molecule has 3 aliphatic rings. The predicted molar refractivity (Wildman–Crippen MR) is 129 cm³/mol. The van der Waals surface area contributed by atoms with Crippen molar-refractivity contribution in [2.75, 3.05) is 44.2 Å². The molecular weight excluding hydrogens is 426 g/mol. The van der Waals surface area contributed by atoms with Crippen LogP contribution in [0, 0.1) is 11.3 Å². The van der Waals surface area contributed by atoms with Gasteiger partial charge >= 0.3 is 0 Å². The summed E-state index contributed by atoms with van der Waals surface area (Å²) in [6.07, 6.45) is 6.46. The number of fused-ring (bicyclic) bond motifs is 1. The number of rotatable bonds is 7. The number of carbonyl (C=O) groups is 2. The molecule has 2 unspecified atom stereocenters. The van der Waals surface area contributed by atoms with E-state index in [1.807, 2.05) is 25.1 Å². The zero-order chi connectivity index (χ0) is 22.0. The third-order valence-electron chi connectivity index (χ3n) is 6.94. The van der Waals surface area contributed by atoms with Crippen LogP contribution in [0.5, 0.6) is 5.75 Å². The van der Waals surface area contributed by atoms with Gasteiger partial charge in [0.25, 0.3) is 0 Å². The normalized spacial score (nSPS) is 25.8. The summed E-state index contributed by atoms with van der Waals surface area (Å²) >= 11 is 0. The second-order valence-electron chi connectivity index (χ2n) is 9.49. The molecule has 2 fully saturated rings. The highest BCUT2D eigenvalue weighted by Gasteiger charge is 2.55. The molecule has 6 nitrogen and oxygen atoms in total. The van der Waals surface area contributed by atoms with Gasteiger partial charge in [-0.1, -0.05) is 24.3 Å². The molecule has 1 aliphatic carbocycles. The Bertz CT molecular complexity index is 851. The largest absolute Gasteiger partial charge is 0.489 e. The molecule has 2 heterocycles. The third-order valence-corrected chi connectivity index (χ3v) is 6.94. The van der Waals surface area contributed by atoms with E-state index in [2.05, 4.69) is 41.9 Å². The zero-order valence-electron chi connectivity index (χ0n) is 19.5. The molecule has 4 rings (SSSR count). The highest BCUT2D eigenvalue weighted by atomic mass is 35.5. The summed E-state index contributed by atoms with van der Waals surface area (Å²) < 4.78 is 5.99. The standard InChI is InChI=1S/C25H35N3O3.ClH/c1-19(2)31-22-11-5-4-10-21(22)27-17-15-26(16-18-27)13-8-14-28-23(29)20-9-6-7-12-25(20,3)24(28)30;/h4-7,10-11,19-20H,8-9,12-18H2,1-3H3;1H. The molecule has 1 aromatic carbocycles. The number of halogens is 1. The molecular formula is C25H36ClN3O3. The topological polar surface area (TPSA) is 53.1 Å². The number of anilines is 1. The minimum absolute atomic E-state index is 0. The molecule has 2 atom stereocenters. The molecule has 0 saturated carbocycles. The highest BCUT2D eigenvalue weighted by molar-refractivity contribution is 6.07. The van der Waals surface area contributed by atoms with E-state index in [1.54, 1.807) is 0 Å². The number of imide groups is 1. The summed E-state index contributed by atoms with van der Waals surface area (Å²) in [6, 6.07) is 8.25.